The molecule has 3 rings (SSSR count). The van der Waals surface area contributed by atoms with Gasteiger partial charge in [-0.1, -0.05) is 31.5 Å². The van der Waals surface area contributed by atoms with Crippen LogP contribution in [0.15, 0.2) is 48.8 Å². The van der Waals surface area contributed by atoms with Crippen molar-refractivity contribution in [3.63, 3.8) is 0 Å². The average Bonchev–Trinajstić information content (AvgIpc) is 2.46. The highest BCUT2D eigenvalue weighted by Gasteiger charge is 2.06. The lowest BCUT2D eigenvalue weighted by molar-refractivity contribution is 0.865. The molecular formula is C18H18N2. The van der Waals surface area contributed by atoms with Crippen LogP contribution in [0, 0.1) is 6.92 Å². The van der Waals surface area contributed by atoms with Crippen molar-refractivity contribution in [2.75, 3.05) is 0 Å². The molecule has 0 fully saturated rings. The summed E-state index contributed by atoms with van der Waals surface area (Å²) in [7, 11) is 0. The van der Waals surface area contributed by atoms with Crippen LogP contribution >= 0.6 is 0 Å². The molecule has 100 valence electrons. The van der Waals surface area contributed by atoms with Gasteiger partial charge in [0.05, 0.1) is 17.4 Å². The smallest absolute Gasteiger partial charge is 0.0892 e. The van der Waals surface area contributed by atoms with Crippen molar-refractivity contribution in [3.05, 3.63) is 59.9 Å². The summed E-state index contributed by atoms with van der Waals surface area (Å²) in [5.41, 5.74) is 5.76. The first-order valence-corrected chi connectivity index (χ1v) is 6.96. The molecule has 0 saturated heterocycles. The van der Waals surface area contributed by atoms with Gasteiger partial charge in [0.1, 0.15) is 0 Å². The van der Waals surface area contributed by atoms with Crippen LogP contribution in [0.5, 0.6) is 0 Å². The Morgan fingerprint density at radius 3 is 2.65 bits per heavy atom. The standard InChI is InChI=1S/C18H18N2/c1-12(2)15-8-13(3)9-16(10-15)17-5-4-14-6-7-19-11-18(14)20-17/h4-12H,1-3H3. The van der Waals surface area contributed by atoms with Gasteiger partial charge in [0.25, 0.3) is 0 Å². The summed E-state index contributed by atoms with van der Waals surface area (Å²) in [4.78, 5) is 8.87. The zero-order chi connectivity index (χ0) is 14.1. The predicted molar refractivity (Wildman–Crippen MR) is 83.8 cm³/mol. The first-order chi connectivity index (χ1) is 9.63. The molecule has 0 spiro atoms. The third-order valence-electron chi connectivity index (χ3n) is 3.56. The summed E-state index contributed by atoms with van der Waals surface area (Å²) >= 11 is 0. The summed E-state index contributed by atoms with van der Waals surface area (Å²) in [6.07, 6.45) is 3.62. The summed E-state index contributed by atoms with van der Waals surface area (Å²) in [5, 5.41) is 1.13. The number of hydrogen-bond acceptors (Lipinski definition) is 2. The third-order valence-corrected chi connectivity index (χ3v) is 3.56. The highest BCUT2D eigenvalue weighted by atomic mass is 14.7. The molecule has 1 aromatic carbocycles. The highest BCUT2D eigenvalue weighted by Crippen LogP contribution is 2.26. The third kappa shape index (κ3) is 2.42. The highest BCUT2D eigenvalue weighted by molar-refractivity contribution is 5.80. The van der Waals surface area contributed by atoms with E-state index in [2.05, 4.69) is 56.1 Å². The lowest BCUT2D eigenvalue weighted by Gasteiger charge is -2.10. The van der Waals surface area contributed by atoms with Gasteiger partial charge in [0, 0.05) is 17.1 Å². The van der Waals surface area contributed by atoms with Gasteiger partial charge in [-0.15, -0.1) is 0 Å². The first kappa shape index (κ1) is 12.8. The lowest BCUT2D eigenvalue weighted by atomic mass is 9.96. The van der Waals surface area contributed by atoms with E-state index in [-0.39, 0.29) is 0 Å². The van der Waals surface area contributed by atoms with Gasteiger partial charge in [0.2, 0.25) is 0 Å². The number of pyridine rings is 2. The van der Waals surface area contributed by atoms with E-state index in [1.807, 2.05) is 12.3 Å². The molecule has 20 heavy (non-hydrogen) atoms. The van der Waals surface area contributed by atoms with Crippen LogP contribution in [0.3, 0.4) is 0 Å². The summed E-state index contributed by atoms with van der Waals surface area (Å²) < 4.78 is 0. The van der Waals surface area contributed by atoms with Gasteiger partial charge in [0.15, 0.2) is 0 Å². The minimum absolute atomic E-state index is 0.524. The Kier molecular flexibility index (Phi) is 3.23. The zero-order valence-electron chi connectivity index (χ0n) is 12.1. The second kappa shape index (κ2) is 5.04. The van der Waals surface area contributed by atoms with Crippen molar-refractivity contribution in [2.24, 2.45) is 0 Å². The van der Waals surface area contributed by atoms with Crippen LogP contribution < -0.4 is 0 Å². The topological polar surface area (TPSA) is 25.8 Å². The fraction of sp³-hybridized carbons (Fsp3) is 0.222. The maximum atomic E-state index is 4.72. The number of aromatic nitrogens is 2. The zero-order valence-corrected chi connectivity index (χ0v) is 12.1. The number of benzene rings is 1. The van der Waals surface area contributed by atoms with Crippen LogP contribution in [0.1, 0.15) is 30.9 Å². The van der Waals surface area contributed by atoms with Crippen molar-refractivity contribution < 1.29 is 0 Å². The van der Waals surface area contributed by atoms with Gasteiger partial charge < -0.3 is 0 Å². The van der Waals surface area contributed by atoms with Crippen molar-refractivity contribution >= 4 is 10.9 Å². The Hall–Kier alpha value is -2.22. The summed E-state index contributed by atoms with van der Waals surface area (Å²) in [6.45, 7) is 6.57. The van der Waals surface area contributed by atoms with Crippen molar-refractivity contribution in [3.8, 4) is 11.3 Å². The van der Waals surface area contributed by atoms with E-state index in [0.29, 0.717) is 5.92 Å². The Balaban J connectivity index is 2.15. The SMILES string of the molecule is Cc1cc(-c2ccc3ccncc3n2)cc(C(C)C)c1. The number of hydrogen-bond donors (Lipinski definition) is 0. The number of aryl methyl sites for hydroxylation is 1. The Bertz CT molecular complexity index is 760. The maximum absolute atomic E-state index is 4.72. The predicted octanol–water partition coefficient (Wildman–Crippen LogP) is 4.73. The van der Waals surface area contributed by atoms with Crippen LogP contribution in [-0.4, -0.2) is 9.97 Å². The summed E-state index contributed by atoms with van der Waals surface area (Å²) in [5.74, 6) is 0.524. The van der Waals surface area contributed by atoms with Gasteiger partial charge in [-0.25, -0.2) is 4.98 Å². The normalized spacial score (nSPS) is 11.2. The van der Waals surface area contributed by atoms with Crippen LogP contribution in [0.2, 0.25) is 0 Å². The molecule has 0 saturated carbocycles. The molecule has 0 aliphatic rings. The average molecular weight is 262 g/mol. The van der Waals surface area contributed by atoms with Crippen LogP contribution in [0.4, 0.5) is 0 Å². The van der Waals surface area contributed by atoms with Gasteiger partial charge >= 0.3 is 0 Å². The van der Waals surface area contributed by atoms with Crippen molar-refractivity contribution in [1.82, 2.24) is 9.97 Å². The quantitative estimate of drug-likeness (QED) is 0.667. The van der Waals surface area contributed by atoms with Crippen molar-refractivity contribution in [2.45, 2.75) is 26.7 Å². The fourth-order valence-electron chi connectivity index (χ4n) is 2.42. The lowest BCUT2D eigenvalue weighted by Crippen LogP contribution is -1.92. The molecule has 0 atom stereocenters. The minimum Gasteiger partial charge on any atom is -0.262 e. The van der Waals surface area contributed by atoms with E-state index >= 15 is 0 Å². The second-order valence-corrected chi connectivity index (χ2v) is 5.55. The number of fused-ring (bicyclic) bond motifs is 1. The molecule has 0 aliphatic carbocycles. The molecule has 0 bridgehead atoms. The van der Waals surface area contributed by atoms with E-state index in [0.717, 1.165) is 16.6 Å². The van der Waals surface area contributed by atoms with Gasteiger partial charge in [-0.05, 0) is 42.7 Å². The second-order valence-electron chi connectivity index (χ2n) is 5.55. The number of nitrogens with zero attached hydrogens (tertiary/aromatic N) is 2. The molecular weight excluding hydrogens is 244 g/mol. The Morgan fingerprint density at radius 1 is 1.00 bits per heavy atom. The van der Waals surface area contributed by atoms with Gasteiger partial charge in [-0.2, -0.15) is 0 Å². The number of rotatable bonds is 2. The van der Waals surface area contributed by atoms with E-state index in [1.54, 1.807) is 6.20 Å². The molecule has 2 nitrogen and oxygen atoms in total. The Labute approximate surface area is 119 Å². The molecule has 0 N–H and O–H groups in total. The monoisotopic (exact) mass is 262 g/mol. The first-order valence-electron chi connectivity index (χ1n) is 6.96. The van der Waals surface area contributed by atoms with E-state index < -0.39 is 0 Å². The van der Waals surface area contributed by atoms with Gasteiger partial charge in [-0.3, -0.25) is 4.98 Å². The van der Waals surface area contributed by atoms with Crippen molar-refractivity contribution in [1.29, 1.82) is 0 Å². The molecule has 0 aliphatic heterocycles. The molecule has 3 aromatic rings. The van der Waals surface area contributed by atoms with E-state index in [1.165, 1.54) is 16.7 Å². The molecule has 2 heterocycles. The molecule has 2 aromatic heterocycles. The van der Waals surface area contributed by atoms with Crippen LogP contribution in [0.25, 0.3) is 22.2 Å². The minimum atomic E-state index is 0.524. The molecule has 2 heteroatoms. The van der Waals surface area contributed by atoms with Crippen LogP contribution in [-0.2, 0) is 0 Å². The van der Waals surface area contributed by atoms with E-state index in [4.69, 9.17) is 4.98 Å². The largest absolute Gasteiger partial charge is 0.262 e. The Morgan fingerprint density at radius 2 is 1.85 bits per heavy atom. The molecule has 0 radical (unpaired) electrons. The van der Waals surface area contributed by atoms with E-state index in [9.17, 15) is 0 Å². The summed E-state index contributed by atoms with van der Waals surface area (Å²) in [6, 6.07) is 12.9. The molecule has 0 amide bonds. The maximum Gasteiger partial charge on any atom is 0.0892 e. The fourth-order valence-corrected chi connectivity index (χ4v) is 2.42. The molecule has 0 unspecified atom stereocenters.